The molecule has 4 heteroatoms. The van der Waals surface area contributed by atoms with Gasteiger partial charge in [-0.05, 0) is 40.5 Å². The number of aryl methyl sites for hydroxylation is 1. The molecule has 0 bridgehead atoms. The minimum absolute atomic E-state index is 0.508. The molecule has 0 spiro atoms. The van der Waals surface area contributed by atoms with E-state index in [1.54, 1.807) is 0 Å². The monoisotopic (exact) mass is 240 g/mol. The summed E-state index contributed by atoms with van der Waals surface area (Å²) in [7, 11) is 0. The lowest BCUT2D eigenvalue weighted by Crippen LogP contribution is -1.95. The number of aromatic nitrogens is 1. The Morgan fingerprint density at radius 3 is 3.00 bits per heavy atom. The van der Waals surface area contributed by atoms with Crippen molar-refractivity contribution in [3.8, 4) is 0 Å². The zero-order valence-corrected chi connectivity index (χ0v) is 8.76. The zero-order chi connectivity index (χ0) is 9.42. The molecule has 1 aromatic heterocycles. The zero-order valence-electron chi connectivity index (χ0n) is 7.17. The normalized spacial score (nSPS) is 11.0. The fourth-order valence-electron chi connectivity index (χ4n) is 1.34. The number of hydrogen-bond donors (Lipinski definition) is 1. The van der Waals surface area contributed by atoms with Gasteiger partial charge in [-0.1, -0.05) is 5.16 Å². The number of halogens is 1. The molecule has 68 valence electrons. The van der Waals surface area contributed by atoms with Gasteiger partial charge in [0.05, 0.1) is 11.1 Å². The molecule has 0 aliphatic heterocycles. The van der Waals surface area contributed by atoms with Gasteiger partial charge in [-0.25, -0.2) is 0 Å². The summed E-state index contributed by atoms with van der Waals surface area (Å²) in [6.07, 6.45) is 0. The van der Waals surface area contributed by atoms with Crippen LogP contribution in [-0.2, 0) is 6.54 Å². The predicted molar refractivity (Wildman–Crippen MR) is 54.3 cm³/mol. The average molecular weight is 241 g/mol. The van der Waals surface area contributed by atoms with Crippen LogP contribution in [0.2, 0.25) is 0 Å². The van der Waals surface area contributed by atoms with Gasteiger partial charge in [-0.15, -0.1) is 0 Å². The first-order valence-corrected chi connectivity index (χ1v) is 4.76. The predicted octanol–water partition coefficient (Wildman–Crippen LogP) is 2.36. The Morgan fingerprint density at radius 2 is 2.31 bits per heavy atom. The Bertz CT molecular complexity index is 450. The van der Waals surface area contributed by atoms with E-state index in [0.717, 1.165) is 26.7 Å². The van der Waals surface area contributed by atoms with Gasteiger partial charge in [0, 0.05) is 11.0 Å². The minimum Gasteiger partial charge on any atom is -0.356 e. The Morgan fingerprint density at radius 1 is 1.54 bits per heavy atom. The average Bonchev–Trinajstić information content (AvgIpc) is 2.48. The van der Waals surface area contributed by atoms with Gasteiger partial charge in [0.25, 0.3) is 0 Å². The van der Waals surface area contributed by atoms with Crippen LogP contribution in [-0.4, -0.2) is 5.16 Å². The number of benzene rings is 1. The topological polar surface area (TPSA) is 52.0 Å². The van der Waals surface area contributed by atoms with Crippen molar-refractivity contribution in [2.24, 2.45) is 5.73 Å². The van der Waals surface area contributed by atoms with E-state index in [-0.39, 0.29) is 0 Å². The largest absolute Gasteiger partial charge is 0.356 e. The lowest BCUT2D eigenvalue weighted by molar-refractivity contribution is 0.450. The standard InChI is InChI=1S/C9H9BrN2O/c1-5-9-7(10)2-6(4-11)3-8(9)13-12-5/h2-3H,4,11H2,1H3. The molecule has 2 rings (SSSR count). The highest BCUT2D eigenvalue weighted by molar-refractivity contribution is 9.10. The van der Waals surface area contributed by atoms with E-state index in [1.807, 2.05) is 19.1 Å². The molecule has 0 atom stereocenters. The second-order valence-electron chi connectivity index (χ2n) is 2.92. The van der Waals surface area contributed by atoms with Crippen LogP contribution in [0.15, 0.2) is 21.1 Å². The van der Waals surface area contributed by atoms with Gasteiger partial charge in [0.15, 0.2) is 5.58 Å². The number of rotatable bonds is 1. The minimum atomic E-state index is 0.508. The van der Waals surface area contributed by atoms with Gasteiger partial charge >= 0.3 is 0 Å². The van der Waals surface area contributed by atoms with E-state index < -0.39 is 0 Å². The third kappa shape index (κ3) is 1.36. The van der Waals surface area contributed by atoms with Crippen molar-refractivity contribution in [2.45, 2.75) is 13.5 Å². The molecule has 0 amide bonds. The molecule has 0 saturated carbocycles. The third-order valence-electron chi connectivity index (χ3n) is 1.99. The first-order valence-electron chi connectivity index (χ1n) is 3.97. The van der Waals surface area contributed by atoms with Crippen molar-refractivity contribution in [1.29, 1.82) is 0 Å². The Kier molecular flexibility index (Phi) is 2.09. The summed E-state index contributed by atoms with van der Waals surface area (Å²) in [6.45, 7) is 2.42. The molecule has 2 aromatic rings. The van der Waals surface area contributed by atoms with E-state index in [1.165, 1.54) is 0 Å². The second kappa shape index (κ2) is 3.12. The summed E-state index contributed by atoms with van der Waals surface area (Å²) in [5.41, 5.74) is 8.25. The van der Waals surface area contributed by atoms with Crippen molar-refractivity contribution in [2.75, 3.05) is 0 Å². The number of nitrogens with zero attached hydrogens (tertiary/aromatic N) is 1. The van der Waals surface area contributed by atoms with E-state index in [9.17, 15) is 0 Å². The van der Waals surface area contributed by atoms with Crippen molar-refractivity contribution < 1.29 is 4.52 Å². The van der Waals surface area contributed by atoms with E-state index >= 15 is 0 Å². The van der Waals surface area contributed by atoms with Crippen molar-refractivity contribution in [1.82, 2.24) is 5.16 Å². The molecule has 1 aromatic carbocycles. The summed E-state index contributed by atoms with van der Waals surface area (Å²) in [5, 5.41) is 4.91. The van der Waals surface area contributed by atoms with Crippen LogP contribution in [0.5, 0.6) is 0 Å². The maximum Gasteiger partial charge on any atom is 0.168 e. The van der Waals surface area contributed by atoms with Crippen LogP contribution in [0.4, 0.5) is 0 Å². The molecule has 0 saturated heterocycles. The number of hydrogen-bond acceptors (Lipinski definition) is 3. The molecule has 2 N–H and O–H groups in total. The highest BCUT2D eigenvalue weighted by Crippen LogP contribution is 2.28. The van der Waals surface area contributed by atoms with E-state index in [2.05, 4.69) is 21.1 Å². The van der Waals surface area contributed by atoms with Gasteiger partial charge < -0.3 is 10.3 Å². The lowest BCUT2D eigenvalue weighted by Gasteiger charge is -1.98. The summed E-state index contributed by atoms with van der Waals surface area (Å²) in [6, 6.07) is 3.91. The quantitative estimate of drug-likeness (QED) is 0.833. The third-order valence-corrected chi connectivity index (χ3v) is 2.62. The summed E-state index contributed by atoms with van der Waals surface area (Å²) < 4.78 is 6.13. The summed E-state index contributed by atoms with van der Waals surface area (Å²) >= 11 is 3.46. The van der Waals surface area contributed by atoms with E-state index in [4.69, 9.17) is 10.3 Å². The molecule has 0 radical (unpaired) electrons. The van der Waals surface area contributed by atoms with Gasteiger partial charge in [0.1, 0.15) is 0 Å². The molecule has 1 heterocycles. The van der Waals surface area contributed by atoms with Crippen LogP contribution in [0, 0.1) is 6.92 Å². The maximum atomic E-state index is 5.53. The maximum absolute atomic E-state index is 5.53. The van der Waals surface area contributed by atoms with Crippen LogP contribution in [0.1, 0.15) is 11.3 Å². The van der Waals surface area contributed by atoms with Crippen molar-refractivity contribution in [3.05, 3.63) is 27.9 Å². The Hall–Kier alpha value is -0.870. The first-order chi connectivity index (χ1) is 6.22. The fourth-order valence-corrected chi connectivity index (χ4v) is 2.12. The molecule has 3 nitrogen and oxygen atoms in total. The molecular weight excluding hydrogens is 232 g/mol. The molecule has 0 fully saturated rings. The molecular formula is C9H9BrN2O. The number of nitrogens with two attached hydrogens (primary N) is 1. The molecule has 0 unspecified atom stereocenters. The van der Waals surface area contributed by atoms with Crippen LogP contribution in [0.25, 0.3) is 11.0 Å². The van der Waals surface area contributed by atoms with Gasteiger partial charge in [-0.2, -0.15) is 0 Å². The Balaban J connectivity index is 2.79. The molecule has 13 heavy (non-hydrogen) atoms. The molecule has 0 aliphatic rings. The second-order valence-corrected chi connectivity index (χ2v) is 3.78. The first kappa shape index (κ1) is 8.72. The summed E-state index contributed by atoms with van der Waals surface area (Å²) in [4.78, 5) is 0. The molecule has 0 aliphatic carbocycles. The van der Waals surface area contributed by atoms with Gasteiger partial charge in [-0.3, -0.25) is 0 Å². The van der Waals surface area contributed by atoms with Crippen molar-refractivity contribution in [3.63, 3.8) is 0 Å². The van der Waals surface area contributed by atoms with Crippen LogP contribution >= 0.6 is 15.9 Å². The number of fused-ring (bicyclic) bond motifs is 1. The fraction of sp³-hybridized carbons (Fsp3) is 0.222. The van der Waals surface area contributed by atoms with Crippen LogP contribution < -0.4 is 5.73 Å². The SMILES string of the molecule is Cc1noc2cc(CN)cc(Br)c12. The van der Waals surface area contributed by atoms with Crippen LogP contribution in [0.3, 0.4) is 0 Å². The van der Waals surface area contributed by atoms with Gasteiger partial charge in [0.2, 0.25) is 0 Å². The van der Waals surface area contributed by atoms with E-state index in [0.29, 0.717) is 6.54 Å². The summed E-state index contributed by atoms with van der Waals surface area (Å²) in [5.74, 6) is 0. The van der Waals surface area contributed by atoms with Crippen molar-refractivity contribution >= 4 is 26.9 Å². The highest BCUT2D eigenvalue weighted by atomic mass is 79.9. The lowest BCUT2D eigenvalue weighted by atomic mass is 10.1. The Labute approximate surface area is 84.0 Å². The smallest absolute Gasteiger partial charge is 0.168 e. The highest BCUT2D eigenvalue weighted by Gasteiger charge is 2.08.